The fourth-order valence-electron chi connectivity index (χ4n) is 8.92. The molecule has 0 aliphatic carbocycles. The summed E-state index contributed by atoms with van der Waals surface area (Å²) in [5.74, 6) is 2.75. The summed E-state index contributed by atoms with van der Waals surface area (Å²) in [5, 5.41) is 0. The van der Waals surface area contributed by atoms with E-state index >= 15 is 0 Å². The first-order valence-corrected chi connectivity index (χ1v) is 24.9. The van der Waals surface area contributed by atoms with Gasteiger partial charge in [0.15, 0.2) is 0 Å². The van der Waals surface area contributed by atoms with E-state index in [0.29, 0.717) is 0 Å². The second-order valence-electron chi connectivity index (χ2n) is 20.1. The summed E-state index contributed by atoms with van der Waals surface area (Å²) in [7, 11) is -1.89. The number of hydrogen-bond donors (Lipinski definition) is 0. The molecule has 58 heavy (non-hydrogen) atoms. The Hall–Kier alpha value is -2.51. The lowest BCUT2D eigenvalue weighted by Gasteiger charge is -2.31. The topological polar surface area (TPSA) is 27.7 Å². The molecule has 4 heteroatoms. The first kappa shape index (κ1) is 49.8. The van der Waals surface area contributed by atoms with Crippen LogP contribution in [0.3, 0.4) is 0 Å². The van der Waals surface area contributed by atoms with Crippen LogP contribution in [0.25, 0.3) is 0 Å². The normalized spacial score (nSPS) is 12.4. The summed E-state index contributed by atoms with van der Waals surface area (Å²) < 4.78 is 22.0. The molecule has 0 aliphatic rings. The Bertz CT molecular complexity index is 1480. The van der Waals surface area contributed by atoms with Crippen LogP contribution < -0.4 is 13.6 Å². The summed E-state index contributed by atoms with van der Waals surface area (Å²) in [6.45, 7) is 35.1. The number of aryl methyl sites for hydroxylation is 3. The molecule has 0 amide bonds. The van der Waals surface area contributed by atoms with Crippen molar-refractivity contribution in [2.24, 2.45) is 0 Å². The van der Waals surface area contributed by atoms with E-state index in [4.69, 9.17) is 13.6 Å². The van der Waals surface area contributed by atoms with Gasteiger partial charge in [-0.25, -0.2) is 0 Å². The quantitative estimate of drug-likeness (QED) is 0.0843. The molecule has 0 unspecified atom stereocenters. The molecule has 0 spiro atoms. The predicted octanol–water partition coefficient (Wildman–Crippen LogP) is 17.4. The van der Waals surface area contributed by atoms with Gasteiger partial charge in [0, 0.05) is 0 Å². The number of rotatable bonds is 24. The van der Waals surface area contributed by atoms with Crippen molar-refractivity contribution in [3.05, 3.63) is 86.5 Å². The van der Waals surface area contributed by atoms with Crippen molar-refractivity contribution < 1.29 is 13.6 Å². The van der Waals surface area contributed by atoms with Crippen LogP contribution in [0.1, 0.15) is 231 Å². The maximum Gasteiger partial charge on any atom is 0.530 e. The highest BCUT2D eigenvalue weighted by Gasteiger charge is 2.32. The Morgan fingerprint density at radius 2 is 0.569 bits per heavy atom. The van der Waals surface area contributed by atoms with Crippen LogP contribution in [0.4, 0.5) is 0 Å². The highest BCUT2D eigenvalue weighted by Crippen LogP contribution is 2.50. The third-order valence-electron chi connectivity index (χ3n) is 11.6. The molecular formula is C54H87O3P. The smallest absolute Gasteiger partial charge is 0.408 e. The van der Waals surface area contributed by atoms with Gasteiger partial charge < -0.3 is 13.6 Å². The van der Waals surface area contributed by atoms with E-state index in [1.165, 1.54) is 88.6 Å². The van der Waals surface area contributed by atoms with Crippen molar-refractivity contribution in [2.45, 2.75) is 236 Å². The highest BCUT2D eigenvalue weighted by atomic mass is 31.2. The molecule has 0 aromatic heterocycles. The molecule has 0 bridgehead atoms. The summed E-state index contributed by atoms with van der Waals surface area (Å²) in [6, 6.07) is 13.8. The Kier molecular flexibility index (Phi) is 20.2. The van der Waals surface area contributed by atoms with E-state index in [1.54, 1.807) is 0 Å². The van der Waals surface area contributed by atoms with Gasteiger partial charge in [-0.3, -0.25) is 0 Å². The average Bonchev–Trinajstić information content (AvgIpc) is 3.15. The highest BCUT2D eigenvalue weighted by molar-refractivity contribution is 7.43. The van der Waals surface area contributed by atoms with E-state index < -0.39 is 8.60 Å². The summed E-state index contributed by atoms with van der Waals surface area (Å²) in [6.07, 6.45) is 20.0. The van der Waals surface area contributed by atoms with Crippen LogP contribution in [0.15, 0.2) is 36.4 Å². The average molecular weight is 815 g/mol. The van der Waals surface area contributed by atoms with Gasteiger partial charge in [0.2, 0.25) is 0 Å². The molecule has 0 N–H and O–H groups in total. The van der Waals surface area contributed by atoms with Gasteiger partial charge in [-0.1, -0.05) is 161 Å². The molecule has 3 rings (SSSR count). The Morgan fingerprint density at radius 1 is 0.345 bits per heavy atom. The monoisotopic (exact) mass is 815 g/mol. The zero-order chi connectivity index (χ0) is 43.1. The molecule has 0 saturated heterocycles. The van der Waals surface area contributed by atoms with Crippen LogP contribution in [0, 0.1) is 0 Å². The molecular weight excluding hydrogens is 728 g/mol. The van der Waals surface area contributed by atoms with Crippen LogP contribution in [-0.4, -0.2) is 0 Å². The SMILES string of the molecule is CCCCc1ccc(OP(Oc2ccc(CCCC)c(C(C)(C)C)c2CCCC)Oc2ccc(CCCC)c(C(C)(C)C)c2CCCC)c(CCCC)c1C(C)(C)C. The second-order valence-corrected chi connectivity index (χ2v) is 21.1. The summed E-state index contributed by atoms with van der Waals surface area (Å²) >= 11 is 0. The van der Waals surface area contributed by atoms with Crippen molar-refractivity contribution in [2.75, 3.05) is 0 Å². The maximum absolute atomic E-state index is 7.33. The molecule has 3 nitrogen and oxygen atoms in total. The lowest BCUT2D eigenvalue weighted by atomic mass is 9.78. The predicted molar refractivity (Wildman–Crippen MR) is 256 cm³/mol. The summed E-state index contributed by atoms with van der Waals surface area (Å²) in [4.78, 5) is 0. The lowest BCUT2D eigenvalue weighted by Crippen LogP contribution is -2.20. The van der Waals surface area contributed by atoms with E-state index in [2.05, 4.69) is 140 Å². The molecule has 0 heterocycles. The molecule has 0 aliphatic heterocycles. The lowest BCUT2D eigenvalue weighted by molar-refractivity contribution is 0.379. The fraction of sp³-hybridized carbons (Fsp3) is 0.667. The van der Waals surface area contributed by atoms with Crippen molar-refractivity contribution in [3.63, 3.8) is 0 Å². The van der Waals surface area contributed by atoms with Gasteiger partial charge in [-0.2, -0.15) is 0 Å². The van der Waals surface area contributed by atoms with Gasteiger partial charge in [0.05, 0.1) is 0 Å². The fourth-order valence-corrected chi connectivity index (χ4v) is 10.0. The number of unbranched alkanes of at least 4 members (excludes halogenated alkanes) is 6. The molecule has 0 radical (unpaired) electrons. The minimum absolute atomic E-state index is 0.0253. The van der Waals surface area contributed by atoms with Gasteiger partial charge >= 0.3 is 8.60 Å². The van der Waals surface area contributed by atoms with Crippen molar-refractivity contribution in [1.82, 2.24) is 0 Å². The molecule has 0 atom stereocenters. The zero-order valence-electron chi connectivity index (χ0n) is 40.4. The third kappa shape index (κ3) is 14.0. The van der Waals surface area contributed by atoms with Crippen LogP contribution in [-0.2, 0) is 54.8 Å². The first-order valence-electron chi connectivity index (χ1n) is 23.8. The molecule has 3 aromatic carbocycles. The molecule has 0 saturated carbocycles. The zero-order valence-corrected chi connectivity index (χ0v) is 41.3. The van der Waals surface area contributed by atoms with Gasteiger partial charge in [-0.15, -0.1) is 0 Å². The Labute approximate surface area is 360 Å². The van der Waals surface area contributed by atoms with Crippen LogP contribution in [0.2, 0.25) is 0 Å². The molecule has 0 fully saturated rings. The Balaban J connectivity index is 2.40. The van der Waals surface area contributed by atoms with Crippen molar-refractivity contribution >= 4 is 8.60 Å². The number of hydrogen-bond acceptors (Lipinski definition) is 3. The van der Waals surface area contributed by atoms with E-state index in [1.807, 2.05) is 0 Å². The largest absolute Gasteiger partial charge is 0.530 e. The minimum atomic E-state index is -1.89. The van der Waals surface area contributed by atoms with E-state index in [0.717, 1.165) is 94.3 Å². The van der Waals surface area contributed by atoms with E-state index in [-0.39, 0.29) is 16.2 Å². The first-order chi connectivity index (χ1) is 27.5. The maximum atomic E-state index is 7.33. The Morgan fingerprint density at radius 3 is 0.776 bits per heavy atom. The standard InChI is InChI=1S/C54H87O3P/c1-16-22-28-40-34-37-46(43(31-25-19-4)49(40)52(7,8)9)55-58(56-47-38-35-41(29-23-17-2)50(53(10,11)12)44(47)32-26-20-5)57-48-39-36-42(30-24-18-3)51(54(13,14)15)45(48)33-27-21-6/h34-39H,16-33H2,1-15H3. The van der Waals surface area contributed by atoms with Crippen molar-refractivity contribution in [1.29, 1.82) is 0 Å². The van der Waals surface area contributed by atoms with Crippen molar-refractivity contribution in [3.8, 4) is 17.2 Å². The second kappa shape index (κ2) is 23.5. The minimum Gasteiger partial charge on any atom is -0.408 e. The molecule has 3 aromatic rings. The van der Waals surface area contributed by atoms with Crippen LogP contribution >= 0.6 is 8.60 Å². The number of benzene rings is 3. The van der Waals surface area contributed by atoms with E-state index in [9.17, 15) is 0 Å². The van der Waals surface area contributed by atoms with Crippen LogP contribution in [0.5, 0.6) is 17.2 Å². The van der Waals surface area contributed by atoms with Gasteiger partial charge in [-0.05, 0) is 162 Å². The third-order valence-corrected chi connectivity index (χ3v) is 12.6. The molecule has 326 valence electrons. The van der Waals surface area contributed by atoms with Gasteiger partial charge in [0.25, 0.3) is 0 Å². The van der Waals surface area contributed by atoms with Gasteiger partial charge in [0.1, 0.15) is 17.2 Å². The summed E-state index contributed by atoms with van der Waals surface area (Å²) in [5.41, 5.74) is 12.6.